The number of nitrogens with one attached hydrogen (secondary N) is 1. The van der Waals surface area contributed by atoms with Crippen molar-refractivity contribution in [1.29, 1.82) is 0 Å². The average molecular weight is 163 g/mol. The standard InChI is InChI=1S/C3H4BrN3/c1-7-3(4)5-2-6-7/h2H,1H3/p+1. The summed E-state index contributed by atoms with van der Waals surface area (Å²) in [7, 11) is 1.87. The van der Waals surface area contributed by atoms with Crippen molar-refractivity contribution in [3.8, 4) is 0 Å². The molecule has 1 N–H and O–H groups in total. The molecule has 0 aliphatic heterocycles. The Bertz CT molecular complexity index is 142. The topological polar surface area (TPSA) is 32.6 Å². The Labute approximate surface area is 49.5 Å². The number of H-pyrrole nitrogens is 1. The first-order chi connectivity index (χ1) is 3.30. The summed E-state index contributed by atoms with van der Waals surface area (Å²) < 4.78 is 2.58. The number of aryl methyl sites for hydroxylation is 1. The Kier molecular flexibility index (Phi) is 1.10. The van der Waals surface area contributed by atoms with Gasteiger partial charge in [-0.2, -0.15) is 5.10 Å². The molecule has 38 valence electrons. The van der Waals surface area contributed by atoms with E-state index in [4.69, 9.17) is 0 Å². The van der Waals surface area contributed by atoms with Crippen LogP contribution >= 0.6 is 15.9 Å². The molecule has 0 spiro atoms. The van der Waals surface area contributed by atoms with Gasteiger partial charge in [-0.3, -0.25) is 0 Å². The van der Waals surface area contributed by atoms with Gasteiger partial charge >= 0.3 is 4.73 Å². The maximum Gasteiger partial charge on any atom is 0.386 e. The zero-order valence-corrected chi connectivity index (χ0v) is 5.44. The molecule has 0 amide bonds. The van der Waals surface area contributed by atoms with Crippen molar-refractivity contribution in [3.63, 3.8) is 0 Å². The second-order valence-electron chi connectivity index (χ2n) is 1.22. The van der Waals surface area contributed by atoms with Gasteiger partial charge in [-0.1, -0.05) is 0 Å². The third-order valence-corrected chi connectivity index (χ3v) is 1.44. The molecule has 4 heteroatoms. The van der Waals surface area contributed by atoms with Crippen molar-refractivity contribution < 1.29 is 4.68 Å². The number of rotatable bonds is 0. The van der Waals surface area contributed by atoms with E-state index in [0.29, 0.717) is 0 Å². The molecule has 0 atom stereocenters. The molecule has 0 saturated heterocycles. The zero-order valence-electron chi connectivity index (χ0n) is 3.85. The van der Waals surface area contributed by atoms with Gasteiger partial charge in [-0.05, 0) is 4.98 Å². The molecule has 1 rings (SSSR count). The van der Waals surface area contributed by atoms with Gasteiger partial charge in [0, 0.05) is 0 Å². The summed E-state index contributed by atoms with van der Waals surface area (Å²) in [6.45, 7) is 0. The quantitative estimate of drug-likeness (QED) is 0.536. The number of hydrogen-bond donors (Lipinski definition) is 1. The number of aromatic nitrogens is 3. The summed E-state index contributed by atoms with van der Waals surface area (Å²) >= 11 is 3.19. The highest BCUT2D eigenvalue weighted by molar-refractivity contribution is 9.10. The van der Waals surface area contributed by atoms with Crippen LogP contribution in [0.3, 0.4) is 0 Å². The molecule has 1 aromatic heterocycles. The second kappa shape index (κ2) is 1.61. The van der Waals surface area contributed by atoms with Gasteiger partial charge < -0.3 is 0 Å². The Balaban J connectivity index is 3.12. The first-order valence-corrected chi connectivity index (χ1v) is 2.65. The van der Waals surface area contributed by atoms with Crippen LogP contribution in [0.4, 0.5) is 0 Å². The molecule has 0 bridgehead atoms. The van der Waals surface area contributed by atoms with Crippen molar-refractivity contribution in [2.45, 2.75) is 0 Å². The van der Waals surface area contributed by atoms with Gasteiger partial charge in [-0.25, -0.2) is 0 Å². The van der Waals surface area contributed by atoms with E-state index >= 15 is 0 Å². The van der Waals surface area contributed by atoms with Crippen LogP contribution in [0, 0.1) is 0 Å². The first kappa shape index (κ1) is 4.77. The van der Waals surface area contributed by atoms with Crippen molar-refractivity contribution in [3.05, 3.63) is 11.1 Å². The van der Waals surface area contributed by atoms with E-state index in [9.17, 15) is 0 Å². The minimum Gasteiger partial charge on any atom is -0.193 e. The molecule has 0 aliphatic rings. The number of nitrogens with zero attached hydrogens (tertiary/aromatic N) is 2. The Hall–Kier alpha value is -0.380. The Morgan fingerprint density at radius 1 is 2.00 bits per heavy atom. The number of halogens is 1. The van der Waals surface area contributed by atoms with Crippen LogP contribution < -0.4 is 4.68 Å². The third kappa shape index (κ3) is 0.796. The van der Waals surface area contributed by atoms with Gasteiger partial charge in [0.1, 0.15) is 7.05 Å². The lowest BCUT2D eigenvalue weighted by molar-refractivity contribution is -0.738. The predicted molar refractivity (Wildman–Crippen MR) is 27.5 cm³/mol. The molecule has 7 heavy (non-hydrogen) atoms. The molecule has 1 aromatic rings. The summed E-state index contributed by atoms with van der Waals surface area (Å²) in [4.78, 5) is 3.84. The van der Waals surface area contributed by atoms with Crippen LogP contribution in [-0.2, 0) is 7.05 Å². The molecular weight excluding hydrogens is 158 g/mol. The van der Waals surface area contributed by atoms with Crippen molar-refractivity contribution in [1.82, 2.24) is 10.1 Å². The van der Waals surface area contributed by atoms with E-state index in [0.717, 1.165) is 4.73 Å². The lowest BCUT2D eigenvalue weighted by Gasteiger charge is -1.73. The molecule has 1 heterocycles. The smallest absolute Gasteiger partial charge is 0.193 e. The van der Waals surface area contributed by atoms with Gasteiger partial charge in [-0.15, -0.1) is 4.68 Å². The summed E-state index contributed by atoms with van der Waals surface area (Å²) in [6, 6.07) is 0. The SMILES string of the molecule is C[n+]1[nH]cnc1Br. The fraction of sp³-hybridized carbons (Fsp3) is 0.333. The lowest BCUT2D eigenvalue weighted by Crippen LogP contribution is -2.30. The van der Waals surface area contributed by atoms with Crippen molar-refractivity contribution in [2.75, 3.05) is 0 Å². The number of aromatic amines is 1. The summed E-state index contributed by atoms with van der Waals surface area (Å²) in [5.74, 6) is 0. The van der Waals surface area contributed by atoms with Crippen LogP contribution in [0.2, 0.25) is 0 Å². The lowest BCUT2D eigenvalue weighted by atomic mass is 11.2. The third-order valence-electron chi connectivity index (χ3n) is 0.699. The molecular formula is C3H5BrN3+. The molecule has 0 fully saturated rings. The largest absolute Gasteiger partial charge is 0.386 e. The molecule has 3 nitrogen and oxygen atoms in total. The summed E-state index contributed by atoms with van der Waals surface area (Å²) in [5.41, 5.74) is 0. The highest BCUT2D eigenvalue weighted by Gasteiger charge is 2.00. The molecule has 0 saturated carbocycles. The minimum atomic E-state index is 0.813. The van der Waals surface area contributed by atoms with Crippen LogP contribution in [0.5, 0.6) is 0 Å². The average Bonchev–Trinajstić information content (AvgIpc) is 1.91. The summed E-state index contributed by atoms with van der Waals surface area (Å²) in [6.07, 6.45) is 1.62. The van der Waals surface area contributed by atoms with Crippen molar-refractivity contribution >= 4 is 15.9 Å². The van der Waals surface area contributed by atoms with E-state index in [1.807, 2.05) is 7.05 Å². The van der Waals surface area contributed by atoms with E-state index in [1.54, 1.807) is 11.0 Å². The van der Waals surface area contributed by atoms with E-state index in [2.05, 4.69) is 26.0 Å². The molecule has 0 aliphatic carbocycles. The molecule has 0 unspecified atom stereocenters. The normalized spacial score (nSPS) is 9.43. The second-order valence-corrected chi connectivity index (χ2v) is 1.92. The minimum absolute atomic E-state index is 0.813. The highest BCUT2D eigenvalue weighted by atomic mass is 79.9. The van der Waals surface area contributed by atoms with Crippen molar-refractivity contribution in [2.24, 2.45) is 7.05 Å². The van der Waals surface area contributed by atoms with Gasteiger partial charge in [0.25, 0.3) is 0 Å². The molecule has 0 aromatic carbocycles. The first-order valence-electron chi connectivity index (χ1n) is 1.85. The van der Waals surface area contributed by atoms with Crippen LogP contribution in [0.25, 0.3) is 0 Å². The maximum absolute atomic E-state index is 3.84. The van der Waals surface area contributed by atoms with Crippen LogP contribution in [0.15, 0.2) is 11.1 Å². The van der Waals surface area contributed by atoms with Crippen LogP contribution in [-0.4, -0.2) is 10.1 Å². The number of hydrogen-bond acceptors (Lipinski definition) is 1. The predicted octanol–water partition coefficient (Wildman–Crippen LogP) is -0.00330. The van der Waals surface area contributed by atoms with E-state index in [-0.39, 0.29) is 0 Å². The fourth-order valence-electron chi connectivity index (χ4n) is 0.309. The van der Waals surface area contributed by atoms with Crippen LogP contribution in [0.1, 0.15) is 0 Å². The Morgan fingerprint density at radius 3 is 2.86 bits per heavy atom. The maximum atomic E-state index is 3.84. The van der Waals surface area contributed by atoms with E-state index in [1.165, 1.54) is 0 Å². The summed E-state index contributed by atoms with van der Waals surface area (Å²) in [5, 5.41) is 2.83. The fourth-order valence-corrected chi connectivity index (χ4v) is 0.513. The monoisotopic (exact) mass is 162 g/mol. The zero-order chi connectivity index (χ0) is 5.28. The molecule has 0 radical (unpaired) electrons. The Morgan fingerprint density at radius 2 is 2.71 bits per heavy atom. The van der Waals surface area contributed by atoms with E-state index < -0.39 is 0 Å². The van der Waals surface area contributed by atoms with Gasteiger partial charge in [0.2, 0.25) is 6.33 Å². The van der Waals surface area contributed by atoms with Gasteiger partial charge in [0.15, 0.2) is 0 Å². The highest BCUT2D eigenvalue weighted by Crippen LogP contribution is 1.90. The van der Waals surface area contributed by atoms with Gasteiger partial charge in [0.05, 0.1) is 15.9 Å².